The normalized spacial score (nSPS) is 9.83. The van der Waals surface area contributed by atoms with E-state index in [1.165, 1.54) is 0 Å². The number of benzene rings is 2. The highest BCUT2D eigenvalue weighted by Crippen LogP contribution is 2.20. The first-order chi connectivity index (χ1) is 8.70. The summed E-state index contributed by atoms with van der Waals surface area (Å²) in [7, 11) is 0. The van der Waals surface area contributed by atoms with E-state index in [0.717, 1.165) is 0 Å². The van der Waals surface area contributed by atoms with Gasteiger partial charge in [-0.05, 0) is 30.3 Å². The van der Waals surface area contributed by atoms with Crippen molar-refractivity contribution in [1.29, 1.82) is 0 Å². The number of hydrogen-bond acceptors (Lipinski definition) is 2. The highest BCUT2D eigenvalue weighted by atomic mass is 35.5. The monoisotopic (exact) mass is 259 g/mol. The molecule has 0 atom stereocenters. The standard InChI is InChI=1S/C14H10ClNO2/c15-12-7-6-11(9-17)13(8-12)16-14(18)10-4-2-1-3-5-10/h1-9H,(H,16,18). The van der Waals surface area contributed by atoms with E-state index in [9.17, 15) is 9.59 Å². The number of halogens is 1. The van der Waals surface area contributed by atoms with Crippen LogP contribution in [0.5, 0.6) is 0 Å². The molecule has 2 aromatic rings. The lowest BCUT2D eigenvalue weighted by atomic mass is 10.1. The van der Waals surface area contributed by atoms with Gasteiger partial charge in [0.25, 0.3) is 5.91 Å². The zero-order valence-corrected chi connectivity index (χ0v) is 10.1. The van der Waals surface area contributed by atoms with E-state index in [1.807, 2.05) is 6.07 Å². The van der Waals surface area contributed by atoms with Gasteiger partial charge in [-0.2, -0.15) is 0 Å². The maximum absolute atomic E-state index is 11.9. The Labute approximate surface area is 109 Å². The van der Waals surface area contributed by atoms with Gasteiger partial charge in [0.15, 0.2) is 6.29 Å². The lowest BCUT2D eigenvalue weighted by Crippen LogP contribution is -2.13. The van der Waals surface area contributed by atoms with Crippen molar-refractivity contribution < 1.29 is 9.59 Å². The maximum Gasteiger partial charge on any atom is 0.255 e. The van der Waals surface area contributed by atoms with E-state index in [1.54, 1.807) is 42.5 Å². The van der Waals surface area contributed by atoms with Crippen LogP contribution >= 0.6 is 11.6 Å². The molecule has 0 aliphatic rings. The first kappa shape index (κ1) is 12.3. The third-order valence-corrected chi connectivity index (χ3v) is 2.66. The number of rotatable bonds is 3. The lowest BCUT2D eigenvalue weighted by Gasteiger charge is -2.08. The van der Waals surface area contributed by atoms with Crippen molar-refractivity contribution >= 4 is 29.5 Å². The van der Waals surface area contributed by atoms with Crippen LogP contribution in [-0.2, 0) is 0 Å². The van der Waals surface area contributed by atoms with Crippen LogP contribution in [-0.4, -0.2) is 12.2 Å². The minimum Gasteiger partial charge on any atom is -0.321 e. The summed E-state index contributed by atoms with van der Waals surface area (Å²) in [4.78, 5) is 22.8. The summed E-state index contributed by atoms with van der Waals surface area (Å²) < 4.78 is 0. The number of anilines is 1. The molecule has 0 spiro atoms. The lowest BCUT2D eigenvalue weighted by molar-refractivity contribution is 0.102. The zero-order chi connectivity index (χ0) is 13.0. The van der Waals surface area contributed by atoms with Crippen molar-refractivity contribution in [2.24, 2.45) is 0 Å². The molecule has 0 radical (unpaired) electrons. The highest BCUT2D eigenvalue weighted by Gasteiger charge is 2.08. The fourth-order valence-corrected chi connectivity index (χ4v) is 1.70. The fourth-order valence-electron chi connectivity index (χ4n) is 1.52. The average Bonchev–Trinajstić information content (AvgIpc) is 2.40. The number of aldehydes is 1. The van der Waals surface area contributed by atoms with Crippen molar-refractivity contribution in [3.8, 4) is 0 Å². The Balaban J connectivity index is 2.27. The SMILES string of the molecule is O=Cc1ccc(Cl)cc1NC(=O)c1ccccc1. The third kappa shape index (κ3) is 2.76. The van der Waals surface area contributed by atoms with Gasteiger partial charge in [0.05, 0.1) is 5.69 Å². The van der Waals surface area contributed by atoms with Crippen LogP contribution in [0.25, 0.3) is 0 Å². The second-order valence-corrected chi connectivity index (χ2v) is 4.11. The molecule has 2 aromatic carbocycles. The molecule has 1 amide bonds. The molecule has 0 aliphatic heterocycles. The van der Waals surface area contributed by atoms with Crippen molar-refractivity contribution in [2.45, 2.75) is 0 Å². The first-order valence-corrected chi connectivity index (χ1v) is 5.69. The van der Waals surface area contributed by atoms with E-state index in [2.05, 4.69) is 5.32 Å². The Morgan fingerprint density at radius 2 is 1.83 bits per heavy atom. The smallest absolute Gasteiger partial charge is 0.255 e. The van der Waals surface area contributed by atoms with Gasteiger partial charge in [-0.15, -0.1) is 0 Å². The molecule has 3 nitrogen and oxygen atoms in total. The summed E-state index contributed by atoms with van der Waals surface area (Å²) in [6, 6.07) is 13.5. The zero-order valence-electron chi connectivity index (χ0n) is 9.39. The molecular weight excluding hydrogens is 250 g/mol. The largest absolute Gasteiger partial charge is 0.321 e. The molecule has 90 valence electrons. The van der Waals surface area contributed by atoms with Crippen LogP contribution in [0.3, 0.4) is 0 Å². The summed E-state index contributed by atoms with van der Waals surface area (Å²) in [5, 5.41) is 3.13. The van der Waals surface area contributed by atoms with Crippen LogP contribution in [0.1, 0.15) is 20.7 Å². The van der Waals surface area contributed by atoms with E-state index in [0.29, 0.717) is 28.1 Å². The van der Waals surface area contributed by atoms with Crippen LogP contribution < -0.4 is 5.32 Å². The Morgan fingerprint density at radius 1 is 1.11 bits per heavy atom. The summed E-state index contributed by atoms with van der Waals surface area (Å²) in [6.07, 6.45) is 0.678. The van der Waals surface area contributed by atoms with Crippen LogP contribution in [0, 0.1) is 0 Å². The highest BCUT2D eigenvalue weighted by molar-refractivity contribution is 6.31. The Bertz CT molecular complexity index is 582. The third-order valence-electron chi connectivity index (χ3n) is 2.43. The van der Waals surface area contributed by atoms with Crippen molar-refractivity contribution in [3.05, 3.63) is 64.7 Å². The molecule has 0 saturated carbocycles. The number of carbonyl (C=O) groups is 2. The van der Waals surface area contributed by atoms with Gasteiger partial charge < -0.3 is 5.32 Å². The van der Waals surface area contributed by atoms with Crippen LogP contribution in [0.15, 0.2) is 48.5 Å². The molecule has 0 saturated heterocycles. The molecular formula is C14H10ClNO2. The summed E-state index contributed by atoms with van der Waals surface area (Å²) >= 11 is 5.84. The molecule has 0 fully saturated rings. The Morgan fingerprint density at radius 3 is 2.50 bits per heavy atom. The van der Waals surface area contributed by atoms with E-state index in [4.69, 9.17) is 11.6 Å². The van der Waals surface area contributed by atoms with Gasteiger partial charge in [-0.25, -0.2) is 0 Å². The molecule has 2 rings (SSSR count). The topological polar surface area (TPSA) is 46.2 Å². The van der Waals surface area contributed by atoms with Gasteiger partial charge in [0.2, 0.25) is 0 Å². The molecule has 0 heterocycles. The molecule has 0 unspecified atom stereocenters. The Kier molecular flexibility index (Phi) is 3.75. The van der Waals surface area contributed by atoms with Crippen molar-refractivity contribution in [3.63, 3.8) is 0 Å². The second-order valence-electron chi connectivity index (χ2n) is 3.67. The van der Waals surface area contributed by atoms with Gasteiger partial charge >= 0.3 is 0 Å². The summed E-state index contributed by atoms with van der Waals surface area (Å²) in [5.74, 6) is -0.277. The van der Waals surface area contributed by atoms with Crippen molar-refractivity contribution in [2.75, 3.05) is 5.32 Å². The molecule has 0 aromatic heterocycles. The maximum atomic E-state index is 11.9. The van der Waals surface area contributed by atoms with Crippen LogP contribution in [0.4, 0.5) is 5.69 Å². The minimum atomic E-state index is -0.277. The predicted octanol–water partition coefficient (Wildman–Crippen LogP) is 3.40. The van der Waals surface area contributed by atoms with E-state index >= 15 is 0 Å². The molecule has 1 N–H and O–H groups in total. The number of hydrogen-bond donors (Lipinski definition) is 1. The summed E-state index contributed by atoms with van der Waals surface area (Å²) in [6.45, 7) is 0. The minimum absolute atomic E-state index is 0.277. The van der Waals surface area contributed by atoms with Gasteiger partial charge in [-0.3, -0.25) is 9.59 Å². The number of amides is 1. The van der Waals surface area contributed by atoms with Gasteiger partial charge in [-0.1, -0.05) is 29.8 Å². The van der Waals surface area contributed by atoms with Crippen LogP contribution in [0.2, 0.25) is 5.02 Å². The van der Waals surface area contributed by atoms with Gasteiger partial charge in [0, 0.05) is 16.1 Å². The number of nitrogens with one attached hydrogen (secondary N) is 1. The predicted molar refractivity (Wildman–Crippen MR) is 71.2 cm³/mol. The van der Waals surface area contributed by atoms with Gasteiger partial charge in [0.1, 0.15) is 0 Å². The Hall–Kier alpha value is -2.13. The fraction of sp³-hybridized carbons (Fsp3) is 0. The molecule has 4 heteroatoms. The molecule has 18 heavy (non-hydrogen) atoms. The quantitative estimate of drug-likeness (QED) is 0.859. The van der Waals surface area contributed by atoms with E-state index in [-0.39, 0.29) is 5.91 Å². The first-order valence-electron chi connectivity index (χ1n) is 5.32. The number of carbonyl (C=O) groups excluding carboxylic acids is 2. The second kappa shape index (κ2) is 5.47. The van der Waals surface area contributed by atoms with E-state index < -0.39 is 0 Å². The molecule has 0 bridgehead atoms. The molecule has 0 aliphatic carbocycles. The van der Waals surface area contributed by atoms with Crippen molar-refractivity contribution in [1.82, 2.24) is 0 Å². The average molecular weight is 260 g/mol. The summed E-state index contributed by atoms with van der Waals surface area (Å²) in [5.41, 5.74) is 1.32.